The van der Waals surface area contributed by atoms with E-state index in [1.165, 1.54) is 11.8 Å². The Balaban J connectivity index is 1.93. The van der Waals surface area contributed by atoms with Crippen molar-refractivity contribution in [2.45, 2.75) is 13.3 Å². The van der Waals surface area contributed by atoms with Crippen LogP contribution in [0.2, 0.25) is 0 Å². The average molecular weight is 260 g/mol. The first-order chi connectivity index (χ1) is 9.29. The summed E-state index contributed by atoms with van der Waals surface area (Å²) in [6.07, 6.45) is 2.00. The molecule has 0 fully saturated rings. The summed E-state index contributed by atoms with van der Waals surface area (Å²) < 4.78 is 13.5. The lowest BCUT2D eigenvalue weighted by molar-refractivity contribution is 0.617. The molecule has 2 rings (SSSR count). The monoisotopic (exact) mass is 260 g/mol. The Morgan fingerprint density at radius 2 is 1.95 bits per heavy atom. The number of benzene rings is 1. The molecule has 0 radical (unpaired) electrons. The van der Waals surface area contributed by atoms with Crippen LogP contribution in [0.3, 0.4) is 0 Å². The van der Waals surface area contributed by atoms with Gasteiger partial charge in [0.15, 0.2) is 11.6 Å². The highest BCUT2D eigenvalue weighted by molar-refractivity contribution is 5.41. The molecule has 0 saturated carbocycles. The van der Waals surface area contributed by atoms with Gasteiger partial charge in [0.25, 0.3) is 0 Å². The van der Waals surface area contributed by atoms with Crippen LogP contribution in [0.1, 0.15) is 12.5 Å². The highest BCUT2D eigenvalue weighted by atomic mass is 19.1. The maximum absolute atomic E-state index is 13.5. The van der Waals surface area contributed by atoms with Crippen molar-refractivity contribution in [2.75, 3.05) is 23.7 Å². The number of aromatic nitrogens is 2. The molecule has 5 heteroatoms. The van der Waals surface area contributed by atoms with Gasteiger partial charge in [0.2, 0.25) is 5.95 Å². The first-order valence-corrected chi connectivity index (χ1v) is 6.34. The Bertz CT molecular complexity index is 516. The predicted octanol–water partition coefficient (Wildman–Crippen LogP) is 2.70. The van der Waals surface area contributed by atoms with Gasteiger partial charge >= 0.3 is 0 Å². The molecule has 1 heterocycles. The third kappa shape index (κ3) is 3.91. The van der Waals surface area contributed by atoms with Crippen molar-refractivity contribution in [1.82, 2.24) is 9.97 Å². The van der Waals surface area contributed by atoms with Gasteiger partial charge < -0.3 is 10.6 Å². The number of nitrogens with zero attached hydrogens (tertiary/aromatic N) is 2. The maximum atomic E-state index is 13.5. The van der Waals surface area contributed by atoms with Gasteiger partial charge in [-0.3, -0.25) is 0 Å². The van der Waals surface area contributed by atoms with Crippen LogP contribution in [0.4, 0.5) is 16.2 Å². The minimum atomic E-state index is -0.435. The van der Waals surface area contributed by atoms with Crippen molar-refractivity contribution >= 4 is 11.8 Å². The van der Waals surface area contributed by atoms with E-state index in [2.05, 4.69) is 20.6 Å². The van der Waals surface area contributed by atoms with Gasteiger partial charge in [0.1, 0.15) is 0 Å². The van der Waals surface area contributed by atoms with Crippen LogP contribution in [-0.4, -0.2) is 23.1 Å². The molecule has 2 aromatic rings. The highest BCUT2D eigenvalue weighted by Gasteiger charge is 2.05. The molecule has 0 aliphatic heterocycles. The number of hydrogen-bond acceptors (Lipinski definition) is 4. The third-order valence-electron chi connectivity index (χ3n) is 2.63. The number of rotatable bonds is 6. The van der Waals surface area contributed by atoms with Crippen LogP contribution in [-0.2, 0) is 6.42 Å². The lowest BCUT2D eigenvalue weighted by Crippen LogP contribution is -2.10. The smallest absolute Gasteiger partial charge is 0.224 e. The minimum absolute atomic E-state index is 0.238. The summed E-state index contributed by atoms with van der Waals surface area (Å²) in [5, 5.41) is 5.95. The van der Waals surface area contributed by atoms with Gasteiger partial charge in [-0.2, -0.15) is 4.98 Å². The maximum Gasteiger partial charge on any atom is 0.224 e. The van der Waals surface area contributed by atoms with Crippen LogP contribution in [0.15, 0.2) is 36.5 Å². The van der Waals surface area contributed by atoms with Gasteiger partial charge in [-0.1, -0.05) is 30.3 Å². The van der Waals surface area contributed by atoms with E-state index in [0.29, 0.717) is 19.0 Å². The molecule has 0 unspecified atom stereocenters. The second-order valence-corrected chi connectivity index (χ2v) is 4.08. The summed E-state index contributed by atoms with van der Waals surface area (Å²) in [4.78, 5) is 7.94. The molecular weight excluding hydrogens is 243 g/mol. The molecule has 0 aliphatic rings. The Morgan fingerprint density at radius 3 is 2.68 bits per heavy atom. The van der Waals surface area contributed by atoms with Crippen molar-refractivity contribution in [1.29, 1.82) is 0 Å². The molecule has 0 amide bonds. The molecular formula is C14H17FN4. The molecule has 100 valence electrons. The summed E-state index contributed by atoms with van der Waals surface area (Å²) in [6, 6.07) is 10.0. The SMILES string of the molecule is CCNc1ncc(F)c(NCCc2ccccc2)n1. The predicted molar refractivity (Wildman–Crippen MR) is 74.8 cm³/mol. The lowest BCUT2D eigenvalue weighted by atomic mass is 10.1. The molecule has 0 aliphatic carbocycles. The molecule has 0 atom stereocenters. The quantitative estimate of drug-likeness (QED) is 0.838. The standard InChI is InChI=1S/C14H17FN4/c1-2-16-14-18-10-12(15)13(19-14)17-9-8-11-6-4-3-5-7-11/h3-7,10H,2,8-9H2,1H3,(H2,16,17,18,19). The Labute approximate surface area is 112 Å². The summed E-state index contributed by atoms with van der Waals surface area (Å²) >= 11 is 0. The second-order valence-electron chi connectivity index (χ2n) is 4.08. The van der Waals surface area contributed by atoms with Crippen LogP contribution < -0.4 is 10.6 Å². The fourth-order valence-corrected chi connectivity index (χ4v) is 1.70. The first kappa shape index (κ1) is 13.3. The van der Waals surface area contributed by atoms with Gasteiger partial charge in [-0.05, 0) is 18.9 Å². The van der Waals surface area contributed by atoms with Gasteiger partial charge in [0.05, 0.1) is 6.20 Å². The number of anilines is 2. The van der Waals surface area contributed by atoms with E-state index in [1.807, 2.05) is 37.3 Å². The van der Waals surface area contributed by atoms with Crippen LogP contribution in [0, 0.1) is 5.82 Å². The van der Waals surface area contributed by atoms with E-state index in [-0.39, 0.29) is 5.82 Å². The lowest BCUT2D eigenvalue weighted by Gasteiger charge is -2.08. The van der Waals surface area contributed by atoms with Crippen molar-refractivity contribution in [2.24, 2.45) is 0 Å². The Morgan fingerprint density at radius 1 is 1.16 bits per heavy atom. The average Bonchev–Trinajstić information content (AvgIpc) is 2.44. The zero-order valence-electron chi connectivity index (χ0n) is 10.9. The molecule has 0 saturated heterocycles. The fourth-order valence-electron chi connectivity index (χ4n) is 1.70. The van der Waals surface area contributed by atoms with Crippen LogP contribution in [0.5, 0.6) is 0 Å². The van der Waals surface area contributed by atoms with E-state index in [0.717, 1.165) is 6.42 Å². The van der Waals surface area contributed by atoms with Crippen molar-refractivity contribution in [3.05, 3.63) is 47.9 Å². The molecule has 0 bridgehead atoms. The number of halogens is 1. The summed E-state index contributed by atoms with van der Waals surface area (Å²) in [6.45, 7) is 3.27. The Kier molecular flexibility index (Phi) is 4.66. The van der Waals surface area contributed by atoms with Crippen LogP contribution >= 0.6 is 0 Å². The van der Waals surface area contributed by atoms with E-state index in [4.69, 9.17) is 0 Å². The van der Waals surface area contributed by atoms with Gasteiger partial charge in [-0.25, -0.2) is 9.37 Å². The minimum Gasteiger partial charge on any atom is -0.367 e. The topological polar surface area (TPSA) is 49.8 Å². The fraction of sp³-hybridized carbons (Fsp3) is 0.286. The molecule has 1 aromatic heterocycles. The molecule has 1 aromatic carbocycles. The molecule has 19 heavy (non-hydrogen) atoms. The van der Waals surface area contributed by atoms with Crippen molar-refractivity contribution in [3.8, 4) is 0 Å². The second kappa shape index (κ2) is 6.68. The van der Waals surface area contributed by atoms with E-state index < -0.39 is 5.82 Å². The largest absolute Gasteiger partial charge is 0.367 e. The van der Waals surface area contributed by atoms with Crippen molar-refractivity contribution in [3.63, 3.8) is 0 Å². The zero-order valence-corrected chi connectivity index (χ0v) is 10.9. The zero-order chi connectivity index (χ0) is 13.5. The van der Waals surface area contributed by atoms with Gasteiger partial charge in [-0.15, -0.1) is 0 Å². The number of nitrogens with one attached hydrogen (secondary N) is 2. The first-order valence-electron chi connectivity index (χ1n) is 6.34. The summed E-state index contributed by atoms with van der Waals surface area (Å²) in [5.41, 5.74) is 1.20. The van der Waals surface area contributed by atoms with Crippen LogP contribution in [0.25, 0.3) is 0 Å². The number of hydrogen-bond donors (Lipinski definition) is 2. The molecule has 0 spiro atoms. The van der Waals surface area contributed by atoms with Crippen molar-refractivity contribution < 1.29 is 4.39 Å². The van der Waals surface area contributed by atoms with E-state index in [9.17, 15) is 4.39 Å². The Hall–Kier alpha value is -2.17. The van der Waals surface area contributed by atoms with Gasteiger partial charge in [0, 0.05) is 13.1 Å². The highest BCUT2D eigenvalue weighted by Crippen LogP contribution is 2.11. The molecule has 4 nitrogen and oxygen atoms in total. The van der Waals surface area contributed by atoms with E-state index in [1.54, 1.807) is 0 Å². The summed E-state index contributed by atoms with van der Waals surface area (Å²) in [7, 11) is 0. The molecule has 2 N–H and O–H groups in total. The van der Waals surface area contributed by atoms with E-state index >= 15 is 0 Å². The summed E-state index contributed by atoms with van der Waals surface area (Å²) in [5.74, 6) is 0.239. The normalized spacial score (nSPS) is 10.2. The third-order valence-corrected chi connectivity index (χ3v) is 2.63.